The van der Waals surface area contributed by atoms with Gasteiger partial charge in [0.1, 0.15) is 0 Å². The van der Waals surface area contributed by atoms with Crippen LogP contribution in [0.5, 0.6) is 0 Å². The van der Waals surface area contributed by atoms with Crippen molar-refractivity contribution in [1.29, 1.82) is 0 Å². The summed E-state index contributed by atoms with van der Waals surface area (Å²) in [4.78, 5) is 20.6. The second kappa shape index (κ2) is 39.6. The van der Waals surface area contributed by atoms with E-state index in [0.29, 0.717) is 12.8 Å². The summed E-state index contributed by atoms with van der Waals surface area (Å²) in [7, 11) is 0. The van der Waals surface area contributed by atoms with Crippen LogP contribution in [0.1, 0.15) is 206 Å². The summed E-state index contributed by atoms with van der Waals surface area (Å²) < 4.78 is 0. The molecule has 0 saturated carbocycles. The van der Waals surface area contributed by atoms with E-state index in [1.807, 2.05) is 0 Å². The first-order chi connectivity index (χ1) is 18.5. The molecule has 0 amide bonds. The second-order valence-corrected chi connectivity index (χ2v) is 11.5. The van der Waals surface area contributed by atoms with Crippen LogP contribution in [0.3, 0.4) is 0 Å². The molecule has 0 aromatic heterocycles. The van der Waals surface area contributed by atoms with Gasteiger partial charge in [-0.05, 0) is 12.8 Å². The van der Waals surface area contributed by atoms with Gasteiger partial charge in [0, 0.05) is 29.6 Å². The van der Waals surface area contributed by atoms with Crippen LogP contribution in [0.25, 0.3) is 0 Å². The van der Waals surface area contributed by atoms with E-state index >= 15 is 0 Å². The summed E-state index contributed by atoms with van der Waals surface area (Å²) in [6.45, 7) is 4.53. The first-order valence-electron chi connectivity index (χ1n) is 17.0. The van der Waals surface area contributed by atoms with Crippen LogP contribution in [-0.2, 0) is 26.4 Å². The maximum Gasteiger partial charge on any atom is 0.303 e. The Morgan fingerprint density at radius 2 is 0.487 bits per heavy atom. The number of rotatable bonds is 30. The first-order valence-corrected chi connectivity index (χ1v) is 17.0. The molecule has 2 N–H and O–H groups in total. The van der Waals surface area contributed by atoms with Gasteiger partial charge in [-0.1, -0.05) is 181 Å². The molecular weight excluding hydrogens is 531 g/mol. The Morgan fingerprint density at radius 1 is 0.333 bits per heavy atom. The topological polar surface area (TPSA) is 74.6 Å². The van der Waals surface area contributed by atoms with Crippen molar-refractivity contribution in [2.24, 2.45) is 0 Å². The summed E-state index contributed by atoms with van der Waals surface area (Å²) in [6.07, 6.45) is 37.5. The van der Waals surface area contributed by atoms with Gasteiger partial charge in [-0.15, -0.1) is 0 Å². The smallest absolute Gasteiger partial charge is 0.303 e. The zero-order valence-corrected chi connectivity index (χ0v) is 27.3. The molecule has 4 nitrogen and oxygen atoms in total. The Kier molecular flexibility index (Phi) is 43.6. The molecule has 0 aromatic rings. The minimum Gasteiger partial charge on any atom is -0.481 e. The maximum atomic E-state index is 10.3. The monoisotopic (exact) mass is 599 g/mol. The largest absolute Gasteiger partial charge is 0.481 e. The number of carboxylic acid groups (broad SMARTS) is 2. The normalized spacial score (nSPS) is 10.5. The van der Waals surface area contributed by atoms with Crippen molar-refractivity contribution < 1.29 is 36.6 Å². The van der Waals surface area contributed by atoms with Crippen LogP contribution in [0.2, 0.25) is 0 Å². The van der Waals surface area contributed by atoms with Gasteiger partial charge in [0.2, 0.25) is 0 Å². The molecular formula is C34H68CoO4. The predicted molar refractivity (Wildman–Crippen MR) is 165 cm³/mol. The summed E-state index contributed by atoms with van der Waals surface area (Å²) in [5.41, 5.74) is 0. The van der Waals surface area contributed by atoms with Crippen molar-refractivity contribution in [2.45, 2.75) is 206 Å². The number of carboxylic acids is 2. The van der Waals surface area contributed by atoms with Gasteiger partial charge in [-0.3, -0.25) is 9.59 Å². The molecule has 0 atom stereocenters. The van der Waals surface area contributed by atoms with Gasteiger partial charge in [0.25, 0.3) is 0 Å². The number of unbranched alkanes of at least 4 members (excludes halogenated alkanes) is 26. The third kappa shape index (κ3) is 47.6. The standard InChI is InChI=1S/2C17H34O2.Co/c2*1-2-3-4-5-6-7-8-9-10-11-12-13-14-15-16-17(18)19;/h2*2-16H2,1H3,(H,18,19);. The van der Waals surface area contributed by atoms with Crippen molar-refractivity contribution in [3.05, 3.63) is 0 Å². The molecule has 0 unspecified atom stereocenters. The van der Waals surface area contributed by atoms with Gasteiger partial charge in [-0.2, -0.15) is 0 Å². The van der Waals surface area contributed by atoms with Crippen LogP contribution in [0, 0.1) is 0 Å². The van der Waals surface area contributed by atoms with Crippen LogP contribution in [-0.4, -0.2) is 22.2 Å². The van der Waals surface area contributed by atoms with E-state index in [0.717, 1.165) is 25.7 Å². The van der Waals surface area contributed by atoms with Crippen LogP contribution >= 0.6 is 0 Å². The molecule has 5 heteroatoms. The van der Waals surface area contributed by atoms with Crippen molar-refractivity contribution in [3.8, 4) is 0 Å². The molecule has 39 heavy (non-hydrogen) atoms. The van der Waals surface area contributed by atoms with Gasteiger partial charge in [0.15, 0.2) is 0 Å². The molecule has 0 saturated heterocycles. The predicted octanol–water partition coefficient (Wildman–Crippen LogP) is 11.9. The molecule has 237 valence electrons. The SMILES string of the molecule is CCCCCCCCCCCCCCCCC(=O)O.CCCCCCCCCCCCCCCCC(=O)O.[Co]. The Bertz CT molecular complexity index is 428. The minimum atomic E-state index is -0.654. The fraction of sp³-hybridized carbons (Fsp3) is 0.941. The molecule has 0 rings (SSSR count). The van der Waals surface area contributed by atoms with Crippen molar-refractivity contribution in [1.82, 2.24) is 0 Å². The zero-order chi connectivity index (χ0) is 28.4. The Hall–Kier alpha value is -0.554. The number of hydrogen-bond acceptors (Lipinski definition) is 2. The molecule has 1 radical (unpaired) electrons. The van der Waals surface area contributed by atoms with E-state index in [-0.39, 0.29) is 16.8 Å². The van der Waals surface area contributed by atoms with Crippen LogP contribution in [0.4, 0.5) is 0 Å². The molecule has 0 fully saturated rings. The molecule has 0 heterocycles. The Morgan fingerprint density at radius 3 is 0.641 bits per heavy atom. The van der Waals surface area contributed by atoms with E-state index in [1.165, 1.54) is 154 Å². The van der Waals surface area contributed by atoms with Crippen LogP contribution < -0.4 is 0 Å². The Balaban J connectivity index is -0.000000648. The third-order valence-corrected chi connectivity index (χ3v) is 7.49. The van der Waals surface area contributed by atoms with Crippen molar-refractivity contribution in [2.75, 3.05) is 0 Å². The number of hydrogen-bond donors (Lipinski definition) is 2. The summed E-state index contributed by atoms with van der Waals surface area (Å²) in [6, 6.07) is 0. The third-order valence-electron chi connectivity index (χ3n) is 7.49. The molecule has 0 aliphatic heterocycles. The van der Waals surface area contributed by atoms with Crippen LogP contribution in [0.15, 0.2) is 0 Å². The second-order valence-electron chi connectivity index (χ2n) is 11.5. The van der Waals surface area contributed by atoms with Crippen molar-refractivity contribution in [3.63, 3.8) is 0 Å². The van der Waals surface area contributed by atoms with E-state index < -0.39 is 11.9 Å². The quantitative estimate of drug-likeness (QED) is 0.0805. The number of aliphatic carboxylic acids is 2. The summed E-state index contributed by atoms with van der Waals surface area (Å²) in [5, 5.41) is 17.0. The van der Waals surface area contributed by atoms with Gasteiger partial charge >= 0.3 is 11.9 Å². The fourth-order valence-corrected chi connectivity index (χ4v) is 4.94. The van der Waals surface area contributed by atoms with E-state index in [2.05, 4.69) is 13.8 Å². The first kappa shape index (κ1) is 42.9. The fourth-order valence-electron chi connectivity index (χ4n) is 4.94. The minimum absolute atomic E-state index is 0. The van der Waals surface area contributed by atoms with E-state index in [9.17, 15) is 9.59 Å². The molecule has 0 spiro atoms. The summed E-state index contributed by atoms with van der Waals surface area (Å²) >= 11 is 0. The van der Waals surface area contributed by atoms with E-state index in [1.54, 1.807) is 0 Å². The van der Waals surface area contributed by atoms with E-state index in [4.69, 9.17) is 10.2 Å². The van der Waals surface area contributed by atoms with Crippen molar-refractivity contribution >= 4 is 11.9 Å². The summed E-state index contributed by atoms with van der Waals surface area (Å²) in [5.74, 6) is -1.31. The van der Waals surface area contributed by atoms with Gasteiger partial charge in [-0.25, -0.2) is 0 Å². The Labute approximate surface area is 254 Å². The molecule has 0 bridgehead atoms. The molecule has 0 aromatic carbocycles. The maximum absolute atomic E-state index is 10.3. The van der Waals surface area contributed by atoms with Gasteiger partial charge in [0.05, 0.1) is 0 Å². The zero-order valence-electron chi connectivity index (χ0n) is 26.3. The van der Waals surface area contributed by atoms with Gasteiger partial charge < -0.3 is 10.2 Å². The molecule has 0 aliphatic carbocycles. The average molecular weight is 600 g/mol. The molecule has 0 aliphatic rings. The number of carbonyl (C=O) groups is 2. The average Bonchev–Trinajstić information content (AvgIpc) is 2.89.